The molecule has 4 aromatic rings. The lowest BCUT2D eigenvalue weighted by molar-refractivity contribution is 0.112. The molecule has 0 aliphatic heterocycles. The lowest BCUT2D eigenvalue weighted by Gasteiger charge is -2.17. The first-order chi connectivity index (χ1) is 15.3. The maximum absolute atomic E-state index is 12.0. The Balaban J connectivity index is 1.63. The summed E-state index contributed by atoms with van der Waals surface area (Å²) in [6.45, 7) is 0.846. The standard InChI is InChI=1S/C28H24O3/c29-19-25-17-26(30-20-23-12-6-2-7-13-23)18-28(31-21-24-14-8-3-9-15-24)27(25)16-22-10-4-1-5-11-22/h1-15,17-19H,16,20-21H2. The van der Waals surface area contributed by atoms with Gasteiger partial charge in [-0.15, -0.1) is 0 Å². The fourth-order valence-corrected chi connectivity index (χ4v) is 3.42. The third-order valence-electron chi connectivity index (χ3n) is 5.05. The number of carbonyl (C=O) groups excluding carboxylic acids is 1. The largest absolute Gasteiger partial charge is 0.489 e. The summed E-state index contributed by atoms with van der Waals surface area (Å²) in [7, 11) is 0. The second-order valence-electron chi connectivity index (χ2n) is 7.32. The molecule has 0 fully saturated rings. The second-order valence-corrected chi connectivity index (χ2v) is 7.32. The third kappa shape index (κ3) is 5.61. The highest BCUT2D eigenvalue weighted by Crippen LogP contribution is 2.31. The van der Waals surface area contributed by atoms with Crippen LogP contribution in [0.3, 0.4) is 0 Å². The van der Waals surface area contributed by atoms with Gasteiger partial charge >= 0.3 is 0 Å². The molecule has 0 N–H and O–H groups in total. The van der Waals surface area contributed by atoms with Crippen molar-refractivity contribution in [3.63, 3.8) is 0 Å². The van der Waals surface area contributed by atoms with Crippen LogP contribution in [0, 0.1) is 0 Å². The number of carbonyl (C=O) groups is 1. The molecule has 0 spiro atoms. The first-order valence-corrected chi connectivity index (χ1v) is 10.3. The van der Waals surface area contributed by atoms with E-state index in [2.05, 4.69) is 12.1 Å². The smallest absolute Gasteiger partial charge is 0.150 e. The van der Waals surface area contributed by atoms with E-state index in [1.54, 1.807) is 6.07 Å². The van der Waals surface area contributed by atoms with E-state index in [0.717, 1.165) is 28.5 Å². The molecule has 0 unspecified atom stereocenters. The molecule has 154 valence electrons. The van der Waals surface area contributed by atoms with E-state index in [1.807, 2.05) is 84.9 Å². The van der Waals surface area contributed by atoms with Crippen LogP contribution >= 0.6 is 0 Å². The Morgan fingerprint density at radius 1 is 0.613 bits per heavy atom. The minimum atomic E-state index is 0.420. The Hall–Kier alpha value is -3.85. The second kappa shape index (κ2) is 10.3. The molecular weight excluding hydrogens is 384 g/mol. The molecule has 0 aromatic heterocycles. The van der Waals surface area contributed by atoms with E-state index in [0.29, 0.717) is 36.7 Å². The van der Waals surface area contributed by atoms with Crippen molar-refractivity contribution in [2.24, 2.45) is 0 Å². The number of hydrogen-bond acceptors (Lipinski definition) is 3. The van der Waals surface area contributed by atoms with Crippen LogP contribution in [-0.2, 0) is 19.6 Å². The van der Waals surface area contributed by atoms with Crippen LogP contribution < -0.4 is 9.47 Å². The highest BCUT2D eigenvalue weighted by atomic mass is 16.5. The molecule has 4 aromatic carbocycles. The molecular formula is C28H24O3. The molecule has 0 amide bonds. The van der Waals surface area contributed by atoms with Crippen LogP contribution in [0.1, 0.15) is 32.6 Å². The zero-order valence-electron chi connectivity index (χ0n) is 17.2. The van der Waals surface area contributed by atoms with E-state index in [1.165, 1.54) is 0 Å². The summed E-state index contributed by atoms with van der Waals surface area (Å²) in [4.78, 5) is 12.0. The number of hydrogen-bond donors (Lipinski definition) is 0. The van der Waals surface area contributed by atoms with Gasteiger partial charge in [-0.1, -0.05) is 91.0 Å². The van der Waals surface area contributed by atoms with Crippen molar-refractivity contribution >= 4 is 6.29 Å². The average molecular weight is 408 g/mol. The lowest BCUT2D eigenvalue weighted by Crippen LogP contribution is -2.04. The third-order valence-corrected chi connectivity index (χ3v) is 5.05. The quantitative estimate of drug-likeness (QED) is 0.307. The van der Waals surface area contributed by atoms with Gasteiger partial charge < -0.3 is 9.47 Å². The van der Waals surface area contributed by atoms with Crippen molar-refractivity contribution in [1.29, 1.82) is 0 Å². The maximum Gasteiger partial charge on any atom is 0.150 e. The Bertz CT molecular complexity index is 1110. The molecule has 0 aliphatic rings. The Morgan fingerprint density at radius 3 is 1.68 bits per heavy atom. The summed E-state index contributed by atoms with van der Waals surface area (Å²) in [5.41, 5.74) is 4.70. The monoisotopic (exact) mass is 408 g/mol. The minimum Gasteiger partial charge on any atom is -0.489 e. The summed E-state index contributed by atoms with van der Waals surface area (Å²) < 4.78 is 12.2. The molecule has 0 radical (unpaired) electrons. The van der Waals surface area contributed by atoms with Crippen LogP contribution in [-0.4, -0.2) is 6.29 Å². The van der Waals surface area contributed by atoms with Gasteiger partial charge in [-0.25, -0.2) is 0 Å². The number of aldehydes is 1. The zero-order chi connectivity index (χ0) is 21.3. The number of rotatable bonds is 9. The van der Waals surface area contributed by atoms with Crippen LogP contribution in [0.2, 0.25) is 0 Å². The topological polar surface area (TPSA) is 35.5 Å². The van der Waals surface area contributed by atoms with Gasteiger partial charge in [0.25, 0.3) is 0 Å². The van der Waals surface area contributed by atoms with Crippen LogP contribution in [0.15, 0.2) is 103 Å². The van der Waals surface area contributed by atoms with Crippen molar-refractivity contribution in [3.05, 3.63) is 131 Å². The van der Waals surface area contributed by atoms with E-state index < -0.39 is 0 Å². The fourth-order valence-electron chi connectivity index (χ4n) is 3.42. The van der Waals surface area contributed by atoms with Crippen molar-refractivity contribution in [3.8, 4) is 11.5 Å². The molecule has 0 saturated heterocycles. The molecule has 3 nitrogen and oxygen atoms in total. The zero-order valence-corrected chi connectivity index (χ0v) is 17.2. The van der Waals surface area contributed by atoms with Crippen LogP contribution in [0.25, 0.3) is 0 Å². The summed E-state index contributed by atoms with van der Waals surface area (Å²) in [6, 6.07) is 33.7. The van der Waals surface area contributed by atoms with Crippen molar-refractivity contribution in [1.82, 2.24) is 0 Å². The normalized spacial score (nSPS) is 10.5. The summed E-state index contributed by atoms with van der Waals surface area (Å²) in [5, 5.41) is 0. The molecule has 0 aliphatic carbocycles. The van der Waals surface area contributed by atoms with E-state index in [-0.39, 0.29) is 0 Å². The van der Waals surface area contributed by atoms with Gasteiger partial charge in [0.2, 0.25) is 0 Å². The first kappa shape index (κ1) is 20.4. The SMILES string of the molecule is O=Cc1cc(OCc2ccccc2)cc(OCc2ccccc2)c1Cc1ccccc1. The average Bonchev–Trinajstić information content (AvgIpc) is 2.84. The van der Waals surface area contributed by atoms with E-state index in [4.69, 9.17) is 9.47 Å². The van der Waals surface area contributed by atoms with Crippen LogP contribution in [0.4, 0.5) is 0 Å². The van der Waals surface area contributed by atoms with Crippen LogP contribution in [0.5, 0.6) is 11.5 Å². The van der Waals surface area contributed by atoms with E-state index >= 15 is 0 Å². The molecule has 0 saturated carbocycles. The molecule has 3 heteroatoms. The molecule has 0 heterocycles. The summed E-state index contributed by atoms with van der Waals surface area (Å²) in [5.74, 6) is 1.28. The van der Waals surface area contributed by atoms with Crippen molar-refractivity contribution in [2.75, 3.05) is 0 Å². The Morgan fingerprint density at radius 2 is 1.13 bits per heavy atom. The Kier molecular flexibility index (Phi) is 6.76. The summed E-state index contributed by atoms with van der Waals surface area (Å²) >= 11 is 0. The minimum absolute atomic E-state index is 0.420. The van der Waals surface area contributed by atoms with Crippen molar-refractivity contribution < 1.29 is 14.3 Å². The lowest BCUT2D eigenvalue weighted by atomic mass is 9.99. The highest BCUT2D eigenvalue weighted by molar-refractivity contribution is 5.80. The van der Waals surface area contributed by atoms with Gasteiger partial charge in [0.05, 0.1) is 0 Å². The van der Waals surface area contributed by atoms with Gasteiger partial charge in [-0.05, 0) is 22.8 Å². The fraction of sp³-hybridized carbons (Fsp3) is 0.107. The van der Waals surface area contributed by atoms with Crippen molar-refractivity contribution in [2.45, 2.75) is 19.6 Å². The predicted octanol–water partition coefficient (Wildman–Crippen LogP) is 6.25. The highest BCUT2D eigenvalue weighted by Gasteiger charge is 2.14. The summed E-state index contributed by atoms with van der Waals surface area (Å²) in [6.07, 6.45) is 1.49. The maximum atomic E-state index is 12.0. The van der Waals surface area contributed by atoms with E-state index in [9.17, 15) is 4.79 Å². The molecule has 0 atom stereocenters. The predicted molar refractivity (Wildman–Crippen MR) is 123 cm³/mol. The van der Waals surface area contributed by atoms with Gasteiger partial charge in [0.1, 0.15) is 24.7 Å². The van der Waals surface area contributed by atoms with Gasteiger partial charge in [-0.3, -0.25) is 4.79 Å². The van der Waals surface area contributed by atoms with Gasteiger partial charge in [-0.2, -0.15) is 0 Å². The number of ether oxygens (including phenoxy) is 2. The van der Waals surface area contributed by atoms with Gasteiger partial charge in [0.15, 0.2) is 6.29 Å². The Labute approximate surface area is 182 Å². The first-order valence-electron chi connectivity index (χ1n) is 10.3. The number of benzene rings is 4. The molecule has 4 rings (SSSR count). The molecule has 31 heavy (non-hydrogen) atoms. The molecule has 0 bridgehead atoms. The van der Waals surface area contributed by atoms with Gasteiger partial charge in [0, 0.05) is 23.6 Å².